The highest BCUT2D eigenvalue weighted by molar-refractivity contribution is 5.48. The van der Waals surface area contributed by atoms with Crippen LogP contribution in [0.2, 0.25) is 0 Å². The van der Waals surface area contributed by atoms with E-state index in [1.807, 2.05) is 13.1 Å². The first-order chi connectivity index (χ1) is 7.81. The van der Waals surface area contributed by atoms with Gasteiger partial charge in [-0.15, -0.1) is 0 Å². The van der Waals surface area contributed by atoms with Crippen LogP contribution in [-0.4, -0.2) is 29.3 Å². The molecule has 1 N–H and O–H groups in total. The highest BCUT2D eigenvalue weighted by Gasteiger charge is 2.24. The molecular weight excluding hydrogens is 200 g/mol. The lowest BCUT2D eigenvalue weighted by molar-refractivity contribution is 0.279. The summed E-state index contributed by atoms with van der Waals surface area (Å²) in [4.78, 5) is 6.69. The van der Waals surface area contributed by atoms with Gasteiger partial charge in [-0.05, 0) is 44.7 Å². The van der Waals surface area contributed by atoms with Gasteiger partial charge in [0, 0.05) is 36.8 Å². The highest BCUT2D eigenvalue weighted by Crippen LogP contribution is 2.27. The van der Waals surface area contributed by atoms with Crippen molar-refractivity contribution in [3.63, 3.8) is 0 Å². The van der Waals surface area contributed by atoms with Gasteiger partial charge in [-0.3, -0.25) is 4.98 Å². The van der Waals surface area contributed by atoms with Crippen LogP contribution in [0.1, 0.15) is 31.4 Å². The molecule has 2 rings (SSSR count). The minimum atomic E-state index is 0.305. The lowest BCUT2D eigenvalue weighted by Gasteiger charge is -2.26. The molecular formula is C13H20N2O. The van der Waals surface area contributed by atoms with Gasteiger partial charge < -0.3 is 10.0 Å². The Balaban J connectivity index is 2.07. The summed E-state index contributed by atoms with van der Waals surface area (Å²) in [5, 5.41) is 8.90. The molecule has 3 nitrogen and oxygen atoms in total. The van der Waals surface area contributed by atoms with Crippen LogP contribution in [-0.2, 0) is 0 Å². The molecule has 1 aromatic rings. The Kier molecular flexibility index (Phi) is 3.78. The second kappa shape index (κ2) is 5.30. The van der Waals surface area contributed by atoms with Gasteiger partial charge in [-0.25, -0.2) is 0 Å². The van der Waals surface area contributed by atoms with Crippen LogP contribution in [0.4, 0.5) is 5.69 Å². The maximum atomic E-state index is 8.90. The molecule has 0 spiro atoms. The predicted octanol–water partition coefficient (Wildman–Crippen LogP) is 2.13. The van der Waals surface area contributed by atoms with E-state index in [1.54, 1.807) is 0 Å². The van der Waals surface area contributed by atoms with E-state index in [1.165, 1.54) is 18.5 Å². The van der Waals surface area contributed by atoms with Crippen molar-refractivity contribution in [1.29, 1.82) is 0 Å². The van der Waals surface area contributed by atoms with E-state index in [0.29, 0.717) is 12.6 Å². The first kappa shape index (κ1) is 11.4. The zero-order valence-electron chi connectivity index (χ0n) is 9.89. The Morgan fingerprint density at radius 2 is 2.44 bits per heavy atom. The van der Waals surface area contributed by atoms with E-state index >= 15 is 0 Å². The lowest BCUT2D eigenvalue weighted by Crippen LogP contribution is -2.29. The molecule has 0 aliphatic carbocycles. The third-order valence-electron chi connectivity index (χ3n) is 3.28. The number of anilines is 1. The fourth-order valence-corrected chi connectivity index (χ4v) is 2.51. The van der Waals surface area contributed by atoms with Crippen molar-refractivity contribution in [1.82, 2.24) is 4.98 Å². The molecule has 1 atom stereocenters. The Labute approximate surface area is 97.1 Å². The summed E-state index contributed by atoms with van der Waals surface area (Å²) in [7, 11) is 0. The third-order valence-corrected chi connectivity index (χ3v) is 3.28. The molecule has 1 saturated heterocycles. The molecule has 1 aromatic heterocycles. The number of aromatic nitrogens is 1. The molecule has 88 valence electrons. The maximum absolute atomic E-state index is 8.90. The molecule has 0 bridgehead atoms. The summed E-state index contributed by atoms with van der Waals surface area (Å²) in [6.07, 6.45) is 6.40. The number of hydrogen-bond acceptors (Lipinski definition) is 3. The van der Waals surface area contributed by atoms with Crippen molar-refractivity contribution in [3.8, 4) is 0 Å². The minimum Gasteiger partial charge on any atom is -0.396 e. The Morgan fingerprint density at radius 3 is 3.19 bits per heavy atom. The zero-order chi connectivity index (χ0) is 11.4. The van der Waals surface area contributed by atoms with Crippen molar-refractivity contribution in [2.24, 2.45) is 0 Å². The molecule has 1 aliphatic rings. The maximum Gasteiger partial charge on any atom is 0.0431 e. The van der Waals surface area contributed by atoms with Crippen molar-refractivity contribution < 1.29 is 5.11 Å². The van der Waals surface area contributed by atoms with Crippen LogP contribution in [0.5, 0.6) is 0 Å². The van der Waals surface area contributed by atoms with E-state index in [-0.39, 0.29) is 0 Å². The second-order valence-corrected chi connectivity index (χ2v) is 4.51. The number of hydrogen-bond donors (Lipinski definition) is 1. The number of rotatable bonds is 4. The summed E-state index contributed by atoms with van der Waals surface area (Å²) in [5.74, 6) is 0. The zero-order valence-corrected chi connectivity index (χ0v) is 9.89. The number of pyridine rings is 1. The molecule has 0 aromatic carbocycles. The van der Waals surface area contributed by atoms with Crippen molar-refractivity contribution in [2.75, 3.05) is 18.1 Å². The summed E-state index contributed by atoms with van der Waals surface area (Å²) in [6.45, 7) is 3.47. The van der Waals surface area contributed by atoms with Crippen LogP contribution in [0.3, 0.4) is 0 Å². The Hall–Kier alpha value is -1.09. The SMILES string of the molecule is Cc1cc(N2CCCC2CCCO)ccn1. The van der Waals surface area contributed by atoms with Crippen LogP contribution in [0.25, 0.3) is 0 Å². The van der Waals surface area contributed by atoms with Gasteiger partial charge in [0.1, 0.15) is 0 Å². The molecule has 3 heteroatoms. The summed E-state index contributed by atoms with van der Waals surface area (Å²) >= 11 is 0. The normalized spacial score (nSPS) is 20.4. The summed E-state index contributed by atoms with van der Waals surface area (Å²) in [5.41, 5.74) is 2.36. The minimum absolute atomic E-state index is 0.305. The molecule has 1 fully saturated rings. The van der Waals surface area contributed by atoms with Gasteiger partial charge in [0.15, 0.2) is 0 Å². The standard InChI is InChI=1S/C13H20N2O/c1-11-10-13(6-7-14-11)15-8-2-4-12(15)5-3-9-16/h6-7,10,12,16H,2-5,8-9H2,1H3. The van der Waals surface area contributed by atoms with Gasteiger partial charge >= 0.3 is 0 Å². The molecule has 2 heterocycles. The van der Waals surface area contributed by atoms with E-state index in [9.17, 15) is 0 Å². The van der Waals surface area contributed by atoms with Crippen LogP contribution in [0.15, 0.2) is 18.3 Å². The molecule has 0 amide bonds. The van der Waals surface area contributed by atoms with Gasteiger partial charge in [-0.1, -0.05) is 0 Å². The van der Waals surface area contributed by atoms with Crippen molar-refractivity contribution in [2.45, 2.75) is 38.6 Å². The first-order valence-electron chi connectivity index (χ1n) is 6.11. The largest absolute Gasteiger partial charge is 0.396 e. The second-order valence-electron chi connectivity index (χ2n) is 4.51. The molecule has 0 saturated carbocycles. The van der Waals surface area contributed by atoms with Gasteiger partial charge in [0.25, 0.3) is 0 Å². The average Bonchev–Trinajstić information content (AvgIpc) is 2.74. The number of aryl methyl sites for hydroxylation is 1. The monoisotopic (exact) mass is 220 g/mol. The topological polar surface area (TPSA) is 36.4 Å². The van der Waals surface area contributed by atoms with Crippen LogP contribution in [0, 0.1) is 6.92 Å². The number of aliphatic hydroxyl groups excluding tert-OH is 1. The smallest absolute Gasteiger partial charge is 0.0431 e. The summed E-state index contributed by atoms with van der Waals surface area (Å²) in [6, 6.07) is 4.84. The average molecular weight is 220 g/mol. The number of nitrogens with zero attached hydrogens (tertiary/aromatic N) is 2. The van der Waals surface area contributed by atoms with E-state index in [4.69, 9.17) is 5.11 Å². The van der Waals surface area contributed by atoms with Gasteiger partial charge in [-0.2, -0.15) is 0 Å². The van der Waals surface area contributed by atoms with Gasteiger partial charge in [0.05, 0.1) is 0 Å². The van der Waals surface area contributed by atoms with E-state index in [0.717, 1.165) is 25.1 Å². The van der Waals surface area contributed by atoms with Crippen LogP contribution < -0.4 is 4.90 Å². The molecule has 1 unspecified atom stereocenters. The fraction of sp³-hybridized carbons (Fsp3) is 0.615. The molecule has 0 radical (unpaired) electrons. The first-order valence-corrected chi connectivity index (χ1v) is 6.11. The number of aliphatic hydroxyl groups is 1. The lowest BCUT2D eigenvalue weighted by atomic mass is 10.1. The predicted molar refractivity (Wildman–Crippen MR) is 65.7 cm³/mol. The Bertz CT molecular complexity index is 340. The molecule has 16 heavy (non-hydrogen) atoms. The fourth-order valence-electron chi connectivity index (χ4n) is 2.51. The van der Waals surface area contributed by atoms with E-state index in [2.05, 4.69) is 22.0 Å². The Morgan fingerprint density at radius 1 is 1.56 bits per heavy atom. The van der Waals surface area contributed by atoms with Gasteiger partial charge in [0.2, 0.25) is 0 Å². The van der Waals surface area contributed by atoms with Crippen molar-refractivity contribution in [3.05, 3.63) is 24.0 Å². The van der Waals surface area contributed by atoms with Crippen LogP contribution >= 0.6 is 0 Å². The summed E-state index contributed by atoms with van der Waals surface area (Å²) < 4.78 is 0. The highest BCUT2D eigenvalue weighted by atomic mass is 16.2. The third kappa shape index (κ3) is 2.53. The van der Waals surface area contributed by atoms with Crippen molar-refractivity contribution >= 4 is 5.69 Å². The molecule has 1 aliphatic heterocycles. The van der Waals surface area contributed by atoms with E-state index < -0.39 is 0 Å². The quantitative estimate of drug-likeness (QED) is 0.844.